The van der Waals surface area contributed by atoms with Crippen LogP contribution in [0.1, 0.15) is 16.7 Å². The first-order valence-corrected chi connectivity index (χ1v) is 10.3. The van der Waals surface area contributed by atoms with Gasteiger partial charge in [-0.05, 0) is 35.7 Å². The van der Waals surface area contributed by atoms with Crippen molar-refractivity contribution in [2.75, 3.05) is 0 Å². The minimum absolute atomic E-state index is 0.692. The first-order chi connectivity index (χ1) is 14.2. The number of rotatable bonds is 5. The molecule has 0 atom stereocenters. The molecule has 0 aliphatic carbocycles. The summed E-state index contributed by atoms with van der Waals surface area (Å²) < 4.78 is 2.04. The average molecular weight is 397 g/mol. The summed E-state index contributed by atoms with van der Waals surface area (Å²) in [5.74, 6) is 1.68. The second kappa shape index (κ2) is 8.34. The fourth-order valence-electron chi connectivity index (χ4n) is 3.24. The first kappa shape index (κ1) is 19.0. The van der Waals surface area contributed by atoms with E-state index in [9.17, 15) is 5.26 Å². The van der Waals surface area contributed by atoms with Gasteiger partial charge in [0.1, 0.15) is 0 Å². The monoisotopic (exact) mass is 396 g/mol. The molecule has 0 amide bonds. The van der Waals surface area contributed by atoms with Gasteiger partial charge in [-0.1, -0.05) is 78.0 Å². The molecule has 0 spiro atoms. The maximum absolute atomic E-state index is 9.30. The Labute approximate surface area is 174 Å². The van der Waals surface area contributed by atoms with Crippen molar-refractivity contribution in [3.8, 4) is 28.6 Å². The molecule has 1 aromatic heterocycles. The molecule has 142 valence electrons. The molecule has 4 rings (SSSR count). The van der Waals surface area contributed by atoms with Crippen molar-refractivity contribution < 1.29 is 0 Å². The smallest absolute Gasteiger partial charge is 0.191 e. The molecule has 0 N–H and O–H groups in total. The van der Waals surface area contributed by atoms with Gasteiger partial charge in [-0.15, -0.1) is 10.2 Å². The van der Waals surface area contributed by atoms with Crippen LogP contribution in [0.15, 0.2) is 78.0 Å². The summed E-state index contributed by atoms with van der Waals surface area (Å²) in [6, 6.07) is 26.6. The molecule has 3 aromatic carbocycles. The highest BCUT2D eigenvalue weighted by molar-refractivity contribution is 7.98. The molecule has 0 aliphatic rings. The lowest BCUT2D eigenvalue weighted by atomic mass is 10.00. The SMILES string of the molecule is Cc1cccc(-c2nnc(SCc3ccc(-c4ccccc4C#N)cc3)n2C)c1. The molecule has 0 fully saturated rings. The van der Waals surface area contributed by atoms with E-state index in [1.807, 2.05) is 41.9 Å². The van der Waals surface area contributed by atoms with Crippen molar-refractivity contribution in [2.45, 2.75) is 17.8 Å². The summed E-state index contributed by atoms with van der Waals surface area (Å²) in [6.07, 6.45) is 0. The third-order valence-electron chi connectivity index (χ3n) is 4.79. The molecule has 0 saturated heterocycles. The number of hydrogen-bond acceptors (Lipinski definition) is 4. The predicted octanol–water partition coefficient (Wildman–Crippen LogP) is 5.62. The normalized spacial score (nSPS) is 10.7. The van der Waals surface area contributed by atoms with Crippen LogP contribution in [-0.4, -0.2) is 14.8 Å². The Morgan fingerprint density at radius 3 is 2.48 bits per heavy atom. The van der Waals surface area contributed by atoms with E-state index in [0.29, 0.717) is 5.56 Å². The molecule has 0 bridgehead atoms. The summed E-state index contributed by atoms with van der Waals surface area (Å²) in [5, 5.41) is 18.9. The van der Waals surface area contributed by atoms with Crippen LogP contribution in [0.3, 0.4) is 0 Å². The van der Waals surface area contributed by atoms with Gasteiger partial charge in [-0.3, -0.25) is 0 Å². The van der Waals surface area contributed by atoms with Crippen molar-refractivity contribution in [3.05, 3.63) is 89.5 Å². The van der Waals surface area contributed by atoms with Gasteiger partial charge < -0.3 is 4.57 Å². The Bertz CT molecular complexity index is 1190. The van der Waals surface area contributed by atoms with E-state index >= 15 is 0 Å². The minimum atomic E-state index is 0.692. The van der Waals surface area contributed by atoms with Gasteiger partial charge in [0.25, 0.3) is 0 Å². The third kappa shape index (κ3) is 4.08. The molecule has 0 aliphatic heterocycles. The van der Waals surface area contributed by atoms with E-state index in [0.717, 1.165) is 33.4 Å². The molecule has 1 heterocycles. The van der Waals surface area contributed by atoms with Gasteiger partial charge >= 0.3 is 0 Å². The zero-order chi connectivity index (χ0) is 20.2. The predicted molar refractivity (Wildman–Crippen MR) is 117 cm³/mol. The Hall–Kier alpha value is -3.36. The number of aryl methyl sites for hydroxylation is 1. The van der Waals surface area contributed by atoms with E-state index in [4.69, 9.17) is 0 Å². The maximum Gasteiger partial charge on any atom is 0.191 e. The highest BCUT2D eigenvalue weighted by Crippen LogP contribution is 2.28. The van der Waals surface area contributed by atoms with Gasteiger partial charge in [0.15, 0.2) is 11.0 Å². The van der Waals surface area contributed by atoms with Crippen LogP contribution in [0.4, 0.5) is 0 Å². The van der Waals surface area contributed by atoms with Crippen molar-refractivity contribution in [3.63, 3.8) is 0 Å². The van der Waals surface area contributed by atoms with Crippen LogP contribution < -0.4 is 0 Å². The second-order valence-electron chi connectivity index (χ2n) is 6.88. The fraction of sp³-hybridized carbons (Fsp3) is 0.125. The van der Waals surface area contributed by atoms with Crippen LogP contribution in [0.5, 0.6) is 0 Å². The van der Waals surface area contributed by atoms with Crippen molar-refractivity contribution >= 4 is 11.8 Å². The largest absolute Gasteiger partial charge is 0.305 e. The molecule has 0 saturated carbocycles. The molecular formula is C24H20N4S. The summed E-state index contributed by atoms with van der Waals surface area (Å²) in [7, 11) is 2.00. The summed E-state index contributed by atoms with van der Waals surface area (Å²) in [6.45, 7) is 2.08. The summed E-state index contributed by atoms with van der Waals surface area (Å²) >= 11 is 1.67. The highest BCUT2D eigenvalue weighted by atomic mass is 32.2. The number of nitrogens with zero attached hydrogens (tertiary/aromatic N) is 4. The second-order valence-corrected chi connectivity index (χ2v) is 7.82. The Kier molecular flexibility index (Phi) is 5.46. The van der Waals surface area contributed by atoms with Crippen LogP contribution in [0.2, 0.25) is 0 Å². The number of benzene rings is 3. The minimum Gasteiger partial charge on any atom is -0.305 e. The van der Waals surface area contributed by atoms with Gasteiger partial charge in [0, 0.05) is 18.4 Å². The summed E-state index contributed by atoms with van der Waals surface area (Å²) in [4.78, 5) is 0. The van der Waals surface area contributed by atoms with E-state index in [1.54, 1.807) is 11.8 Å². The molecule has 4 aromatic rings. The molecule has 5 heteroatoms. The fourth-order valence-corrected chi connectivity index (χ4v) is 4.10. The lowest BCUT2D eigenvalue weighted by Gasteiger charge is -2.07. The number of aromatic nitrogens is 3. The Morgan fingerprint density at radius 2 is 1.72 bits per heavy atom. The van der Waals surface area contributed by atoms with Gasteiger partial charge in [-0.25, -0.2) is 0 Å². The first-order valence-electron chi connectivity index (χ1n) is 9.33. The van der Waals surface area contributed by atoms with Gasteiger partial charge in [0.2, 0.25) is 0 Å². The van der Waals surface area contributed by atoms with Gasteiger partial charge in [-0.2, -0.15) is 5.26 Å². The Morgan fingerprint density at radius 1 is 0.931 bits per heavy atom. The third-order valence-corrected chi connectivity index (χ3v) is 5.88. The summed E-state index contributed by atoms with van der Waals surface area (Å²) in [5.41, 5.74) is 6.19. The lowest BCUT2D eigenvalue weighted by molar-refractivity contribution is 0.794. The zero-order valence-electron chi connectivity index (χ0n) is 16.3. The highest BCUT2D eigenvalue weighted by Gasteiger charge is 2.12. The molecular weight excluding hydrogens is 376 g/mol. The average Bonchev–Trinajstić information content (AvgIpc) is 3.13. The maximum atomic E-state index is 9.30. The zero-order valence-corrected chi connectivity index (χ0v) is 17.1. The van der Waals surface area contributed by atoms with Gasteiger partial charge in [0.05, 0.1) is 11.6 Å². The topological polar surface area (TPSA) is 54.5 Å². The molecule has 0 unspecified atom stereocenters. The van der Waals surface area contributed by atoms with Crippen LogP contribution in [0, 0.1) is 18.3 Å². The number of nitriles is 1. The standard InChI is InChI=1S/C24H20N4S/c1-17-6-5-8-20(14-17)23-26-27-24(28(23)2)29-16-18-10-12-19(13-11-18)22-9-4-3-7-21(22)15-25/h3-14H,16H2,1-2H3. The molecule has 0 radical (unpaired) electrons. The van der Waals surface area contributed by atoms with E-state index in [2.05, 4.69) is 65.7 Å². The van der Waals surface area contributed by atoms with Crippen LogP contribution in [0.25, 0.3) is 22.5 Å². The Balaban J connectivity index is 1.48. The van der Waals surface area contributed by atoms with E-state index in [-0.39, 0.29) is 0 Å². The van der Waals surface area contributed by atoms with Crippen LogP contribution in [-0.2, 0) is 12.8 Å². The van der Waals surface area contributed by atoms with E-state index < -0.39 is 0 Å². The van der Waals surface area contributed by atoms with E-state index in [1.165, 1.54) is 11.1 Å². The lowest BCUT2D eigenvalue weighted by Crippen LogP contribution is -1.95. The quantitative estimate of drug-likeness (QED) is 0.411. The van der Waals surface area contributed by atoms with Crippen molar-refractivity contribution in [2.24, 2.45) is 7.05 Å². The molecule has 29 heavy (non-hydrogen) atoms. The van der Waals surface area contributed by atoms with Crippen molar-refractivity contribution in [1.29, 1.82) is 5.26 Å². The number of hydrogen-bond donors (Lipinski definition) is 0. The molecule has 4 nitrogen and oxygen atoms in total. The van der Waals surface area contributed by atoms with Crippen molar-refractivity contribution in [1.82, 2.24) is 14.8 Å². The van der Waals surface area contributed by atoms with Crippen LogP contribution >= 0.6 is 11.8 Å². The number of thioether (sulfide) groups is 1.